The van der Waals surface area contributed by atoms with Gasteiger partial charge in [0.2, 0.25) is 0 Å². The molecule has 194 valence electrons. The van der Waals surface area contributed by atoms with Crippen molar-refractivity contribution in [2.24, 2.45) is 51.5 Å². The van der Waals surface area contributed by atoms with E-state index in [1.807, 2.05) is 0 Å². The number of ether oxygens (including phenoxy) is 1. The number of rotatable bonds is 6. The van der Waals surface area contributed by atoms with Gasteiger partial charge in [0.25, 0.3) is 0 Å². The molecule has 0 bridgehead atoms. The predicted octanol–water partition coefficient (Wildman–Crippen LogP) is 6.59. The van der Waals surface area contributed by atoms with Crippen molar-refractivity contribution in [1.82, 2.24) is 0 Å². The lowest BCUT2D eigenvalue weighted by Gasteiger charge is -2.64. The maximum absolute atomic E-state index is 12.0. The third kappa shape index (κ3) is 4.12. The number of carbonyl (C=O) groups excluding carboxylic acids is 1. The molecular weight excluding hydrogens is 426 g/mol. The van der Waals surface area contributed by atoms with Crippen LogP contribution in [0.2, 0.25) is 0 Å². The van der Waals surface area contributed by atoms with E-state index in [0.29, 0.717) is 41.7 Å². The summed E-state index contributed by atoms with van der Waals surface area (Å²) in [5.74, 6) is 3.53. The van der Waals surface area contributed by atoms with Crippen LogP contribution in [-0.2, 0) is 9.53 Å². The summed E-state index contributed by atoms with van der Waals surface area (Å²) in [7, 11) is 0. The molecule has 0 unspecified atom stereocenters. The smallest absolute Gasteiger partial charge is 0.302 e. The van der Waals surface area contributed by atoms with Crippen LogP contribution in [-0.4, -0.2) is 33.7 Å². The van der Waals surface area contributed by atoms with Gasteiger partial charge in [-0.3, -0.25) is 4.79 Å². The van der Waals surface area contributed by atoms with Gasteiger partial charge in [-0.05, 0) is 85.9 Å². The van der Waals surface area contributed by atoms with Crippen molar-refractivity contribution >= 4 is 11.7 Å². The van der Waals surface area contributed by atoms with Gasteiger partial charge in [-0.25, -0.2) is 0 Å². The van der Waals surface area contributed by atoms with Crippen LogP contribution in [0.5, 0.6) is 0 Å². The molecule has 0 aliphatic heterocycles. The van der Waals surface area contributed by atoms with Gasteiger partial charge in [0, 0.05) is 18.8 Å². The first kappa shape index (κ1) is 26.0. The Balaban J connectivity index is 1.56. The van der Waals surface area contributed by atoms with Crippen LogP contribution < -0.4 is 0 Å². The molecule has 4 aliphatic rings. The Hall–Kier alpha value is -1.10. The number of hydrogen-bond acceptors (Lipinski definition) is 5. The van der Waals surface area contributed by atoms with Crippen LogP contribution >= 0.6 is 0 Å². The largest absolute Gasteiger partial charge is 0.462 e. The highest BCUT2D eigenvalue weighted by atomic mass is 16.5. The standard InChI is InChI=1S/C29H49NO4/c1-18(2)8-7-9-19(3)23-10-11-24-22-16-26(30-33)29(32)17-21(34-20(4)31)12-15-28(29,6)25(22)13-14-27(23,24)5/h18-19,21-25,32-33H,7-17H2,1-6H3/b30-26+/t19-,21+,22-,23-,24-,25-,27-,28-,29-/m1/s1. The third-order valence-electron chi connectivity index (χ3n) is 11.3. The Morgan fingerprint density at radius 2 is 1.82 bits per heavy atom. The summed E-state index contributed by atoms with van der Waals surface area (Å²) in [5, 5.41) is 25.8. The molecule has 4 saturated carbocycles. The summed E-state index contributed by atoms with van der Waals surface area (Å²) in [6, 6.07) is 0. The van der Waals surface area contributed by atoms with Crippen LogP contribution in [0.25, 0.3) is 0 Å². The van der Waals surface area contributed by atoms with Crippen LogP contribution in [0.15, 0.2) is 5.16 Å². The van der Waals surface area contributed by atoms with Gasteiger partial charge < -0.3 is 15.1 Å². The zero-order valence-electron chi connectivity index (χ0n) is 22.5. The zero-order chi connectivity index (χ0) is 24.9. The average molecular weight is 476 g/mol. The van der Waals surface area contributed by atoms with E-state index in [1.54, 1.807) is 0 Å². The number of oxime groups is 1. The minimum absolute atomic E-state index is 0.304. The van der Waals surface area contributed by atoms with E-state index < -0.39 is 5.60 Å². The highest BCUT2D eigenvalue weighted by Gasteiger charge is 2.67. The molecule has 0 heterocycles. The fraction of sp³-hybridized carbons (Fsp3) is 0.931. The molecule has 0 radical (unpaired) electrons. The molecule has 4 rings (SSSR count). The Morgan fingerprint density at radius 3 is 2.47 bits per heavy atom. The van der Waals surface area contributed by atoms with E-state index >= 15 is 0 Å². The van der Waals surface area contributed by atoms with Crippen molar-refractivity contribution in [2.75, 3.05) is 0 Å². The Bertz CT molecular complexity index is 795. The molecule has 0 spiro atoms. The highest BCUT2D eigenvalue weighted by molar-refractivity contribution is 5.94. The van der Waals surface area contributed by atoms with E-state index in [4.69, 9.17) is 4.74 Å². The number of esters is 1. The van der Waals surface area contributed by atoms with Crippen LogP contribution in [0, 0.1) is 46.3 Å². The maximum Gasteiger partial charge on any atom is 0.302 e. The van der Waals surface area contributed by atoms with Crippen molar-refractivity contribution in [3.63, 3.8) is 0 Å². The lowest BCUT2D eigenvalue weighted by Crippen LogP contribution is -2.67. The maximum atomic E-state index is 12.0. The molecule has 0 aromatic carbocycles. The molecule has 4 fully saturated rings. The summed E-state index contributed by atoms with van der Waals surface area (Å²) < 4.78 is 5.52. The van der Waals surface area contributed by atoms with E-state index in [9.17, 15) is 15.1 Å². The number of fused-ring (bicyclic) bond motifs is 5. The van der Waals surface area contributed by atoms with Gasteiger partial charge in [0.05, 0.1) is 5.71 Å². The number of aliphatic hydroxyl groups is 1. The number of carbonyl (C=O) groups is 1. The summed E-state index contributed by atoms with van der Waals surface area (Å²) in [6.45, 7) is 13.3. The second-order valence-corrected chi connectivity index (χ2v) is 13.4. The molecular formula is C29H49NO4. The first-order chi connectivity index (χ1) is 16.0. The highest BCUT2D eigenvalue weighted by Crippen LogP contribution is 2.68. The van der Waals surface area contributed by atoms with E-state index in [-0.39, 0.29) is 17.5 Å². The molecule has 9 atom stereocenters. The minimum Gasteiger partial charge on any atom is -0.462 e. The monoisotopic (exact) mass is 475 g/mol. The Kier molecular flexibility index (Phi) is 7.19. The molecule has 0 saturated heterocycles. The number of hydrogen-bond donors (Lipinski definition) is 2. The fourth-order valence-corrected chi connectivity index (χ4v) is 9.51. The predicted molar refractivity (Wildman–Crippen MR) is 135 cm³/mol. The van der Waals surface area contributed by atoms with E-state index in [0.717, 1.165) is 37.0 Å². The summed E-state index contributed by atoms with van der Waals surface area (Å²) in [5.41, 5.74) is -0.654. The van der Waals surface area contributed by atoms with Gasteiger partial charge in [0.15, 0.2) is 0 Å². The molecule has 4 aliphatic carbocycles. The first-order valence-corrected chi connectivity index (χ1v) is 14.1. The second-order valence-electron chi connectivity index (χ2n) is 13.4. The first-order valence-electron chi connectivity index (χ1n) is 14.1. The molecule has 5 heteroatoms. The van der Waals surface area contributed by atoms with Crippen molar-refractivity contribution in [3.05, 3.63) is 0 Å². The molecule has 0 amide bonds. The quantitative estimate of drug-likeness (QED) is 0.258. The van der Waals surface area contributed by atoms with E-state index in [1.165, 1.54) is 45.4 Å². The summed E-state index contributed by atoms with van der Waals surface area (Å²) in [4.78, 5) is 11.6. The second kappa shape index (κ2) is 9.41. The lowest BCUT2D eigenvalue weighted by atomic mass is 9.42. The van der Waals surface area contributed by atoms with Gasteiger partial charge in [-0.1, -0.05) is 59.0 Å². The number of nitrogens with zero attached hydrogens (tertiary/aromatic N) is 1. The minimum atomic E-state index is -1.20. The van der Waals surface area contributed by atoms with E-state index in [2.05, 4.69) is 39.8 Å². The molecule has 2 N–H and O–H groups in total. The van der Waals surface area contributed by atoms with Crippen molar-refractivity contribution in [3.8, 4) is 0 Å². The van der Waals surface area contributed by atoms with Gasteiger partial charge in [0.1, 0.15) is 11.7 Å². The molecule has 0 aromatic heterocycles. The lowest BCUT2D eigenvalue weighted by molar-refractivity contribution is -0.183. The van der Waals surface area contributed by atoms with Crippen LogP contribution in [0.1, 0.15) is 112 Å². The van der Waals surface area contributed by atoms with Crippen LogP contribution in [0.4, 0.5) is 0 Å². The SMILES string of the molecule is CC(=O)O[C@H]1CC[C@]2(C)[C@@H]3CC[C@@]4(C)[C@H](CC[C@@H]4[C@H](C)CCCC(C)C)[C@H]3C/C(=N\O)[C@]2(O)C1. The van der Waals surface area contributed by atoms with Gasteiger partial charge >= 0.3 is 5.97 Å². The van der Waals surface area contributed by atoms with Crippen LogP contribution in [0.3, 0.4) is 0 Å². The third-order valence-corrected chi connectivity index (χ3v) is 11.3. The zero-order valence-corrected chi connectivity index (χ0v) is 22.5. The van der Waals surface area contributed by atoms with Gasteiger partial charge in [-0.2, -0.15) is 0 Å². The fourth-order valence-electron chi connectivity index (χ4n) is 9.51. The Morgan fingerprint density at radius 1 is 1.09 bits per heavy atom. The topological polar surface area (TPSA) is 79.1 Å². The van der Waals surface area contributed by atoms with Crippen molar-refractivity contribution in [2.45, 2.75) is 124 Å². The molecule has 0 aromatic rings. The molecule has 5 nitrogen and oxygen atoms in total. The van der Waals surface area contributed by atoms with Crippen molar-refractivity contribution < 1.29 is 19.8 Å². The van der Waals surface area contributed by atoms with Gasteiger partial charge in [-0.15, -0.1) is 0 Å². The summed E-state index contributed by atoms with van der Waals surface area (Å²) >= 11 is 0. The summed E-state index contributed by atoms with van der Waals surface area (Å²) in [6.07, 6.45) is 11.2. The average Bonchev–Trinajstić information content (AvgIpc) is 3.11. The molecule has 34 heavy (non-hydrogen) atoms. The normalized spacial score (nSPS) is 46.0. The van der Waals surface area contributed by atoms with Crippen molar-refractivity contribution in [1.29, 1.82) is 0 Å². The Labute approximate surface area is 207 Å².